The molecule has 4 nitrogen and oxygen atoms in total. The van der Waals surface area contributed by atoms with Gasteiger partial charge >= 0.3 is 0 Å². The zero-order valence-corrected chi connectivity index (χ0v) is 13.1. The average Bonchev–Trinajstić information content (AvgIpc) is 3.15. The van der Waals surface area contributed by atoms with E-state index in [0.29, 0.717) is 12.3 Å². The first kappa shape index (κ1) is 15.6. The monoisotopic (exact) mass is 318 g/mol. The molecular formula is C20H18N2O2. The molecule has 0 fully saturated rings. The Morgan fingerprint density at radius 1 is 0.958 bits per heavy atom. The summed E-state index contributed by atoms with van der Waals surface area (Å²) in [5, 5.41) is 1.82. The van der Waals surface area contributed by atoms with Gasteiger partial charge < -0.3 is 4.42 Å². The molecule has 0 aliphatic carbocycles. The van der Waals surface area contributed by atoms with Gasteiger partial charge in [-0.05, 0) is 35.9 Å². The van der Waals surface area contributed by atoms with E-state index in [1.54, 1.807) is 24.5 Å². The number of amides is 1. The van der Waals surface area contributed by atoms with Gasteiger partial charge in [0.1, 0.15) is 5.76 Å². The van der Waals surface area contributed by atoms with Gasteiger partial charge in [-0.15, -0.1) is 0 Å². The van der Waals surface area contributed by atoms with E-state index in [1.165, 1.54) is 6.08 Å². The van der Waals surface area contributed by atoms with Gasteiger partial charge in [0.15, 0.2) is 0 Å². The van der Waals surface area contributed by atoms with Crippen LogP contribution in [0.5, 0.6) is 0 Å². The van der Waals surface area contributed by atoms with Gasteiger partial charge in [0.25, 0.3) is 5.91 Å². The van der Waals surface area contributed by atoms with Gasteiger partial charge in [0.2, 0.25) is 0 Å². The van der Waals surface area contributed by atoms with Crippen LogP contribution in [0.3, 0.4) is 0 Å². The number of carbonyl (C=O) groups is 1. The Kier molecular flexibility index (Phi) is 5.10. The fraction of sp³-hybridized carbons (Fsp3) is 0.0500. The van der Waals surface area contributed by atoms with Gasteiger partial charge in [0, 0.05) is 6.08 Å². The Morgan fingerprint density at radius 3 is 2.33 bits per heavy atom. The number of nitrogens with one attached hydrogen (secondary N) is 1. The second-order valence-corrected chi connectivity index (χ2v) is 5.23. The van der Waals surface area contributed by atoms with E-state index in [2.05, 4.69) is 5.43 Å². The molecule has 4 heteroatoms. The van der Waals surface area contributed by atoms with Crippen LogP contribution in [0.2, 0.25) is 0 Å². The summed E-state index contributed by atoms with van der Waals surface area (Å²) >= 11 is 0. The molecule has 3 rings (SSSR count). The number of nitrogens with zero attached hydrogens (tertiary/aromatic N) is 1. The number of benzene rings is 2. The highest BCUT2D eigenvalue weighted by Gasteiger charge is 2.09. The van der Waals surface area contributed by atoms with Crippen molar-refractivity contribution in [2.45, 2.75) is 6.54 Å². The van der Waals surface area contributed by atoms with Gasteiger partial charge in [-0.25, -0.2) is 0 Å². The minimum Gasteiger partial charge on any atom is -0.465 e. The van der Waals surface area contributed by atoms with Gasteiger partial charge in [0.05, 0.1) is 18.5 Å². The molecule has 24 heavy (non-hydrogen) atoms. The summed E-state index contributed by atoms with van der Waals surface area (Å²) in [5.41, 5.74) is 4.94. The van der Waals surface area contributed by atoms with Gasteiger partial charge in [-0.1, -0.05) is 48.5 Å². The van der Waals surface area contributed by atoms with Crippen molar-refractivity contribution >= 4 is 17.7 Å². The second-order valence-electron chi connectivity index (χ2n) is 5.23. The predicted octanol–water partition coefficient (Wildman–Crippen LogP) is 4.03. The van der Waals surface area contributed by atoms with Crippen molar-refractivity contribution in [3.05, 3.63) is 96.5 Å². The van der Waals surface area contributed by atoms with Gasteiger partial charge in [-0.3, -0.25) is 15.2 Å². The first-order valence-electron chi connectivity index (χ1n) is 7.70. The summed E-state index contributed by atoms with van der Waals surface area (Å²) < 4.78 is 5.19. The van der Waals surface area contributed by atoms with E-state index >= 15 is 0 Å². The number of anilines is 1. The van der Waals surface area contributed by atoms with Crippen LogP contribution in [-0.4, -0.2) is 5.91 Å². The summed E-state index contributed by atoms with van der Waals surface area (Å²) in [6.07, 6.45) is 4.67. The molecule has 1 aromatic heterocycles. The average molecular weight is 318 g/mol. The Bertz CT molecular complexity index is 781. The van der Waals surface area contributed by atoms with E-state index in [-0.39, 0.29) is 5.91 Å². The van der Waals surface area contributed by atoms with Crippen molar-refractivity contribution in [2.75, 3.05) is 5.01 Å². The van der Waals surface area contributed by atoms with E-state index in [1.807, 2.05) is 65.7 Å². The molecule has 120 valence electrons. The Hall–Kier alpha value is -3.27. The highest BCUT2D eigenvalue weighted by Crippen LogP contribution is 2.14. The summed E-state index contributed by atoms with van der Waals surface area (Å²) in [4.78, 5) is 12.2. The quantitative estimate of drug-likeness (QED) is 0.551. The highest BCUT2D eigenvalue weighted by molar-refractivity contribution is 5.92. The lowest BCUT2D eigenvalue weighted by atomic mass is 10.2. The van der Waals surface area contributed by atoms with Crippen LogP contribution >= 0.6 is 0 Å². The van der Waals surface area contributed by atoms with E-state index < -0.39 is 0 Å². The van der Waals surface area contributed by atoms with Crippen molar-refractivity contribution < 1.29 is 9.21 Å². The minimum atomic E-state index is -0.216. The van der Waals surface area contributed by atoms with Gasteiger partial charge in [-0.2, -0.15) is 0 Å². The first-order valence-corrected chi connectivity index (χ1v) is 7.70. The topological polar surface area (TPSA) is 45.5 Å². The summed E-state index contributed by atoms with van der Waals surface area (Å²) in [6.45, 7) is 0.575. The summed E-state index contributed by atoms with van der Waals surface area (Å²) in [7, 11) is 0. The lowest BCUT2D eigenvalue weighted by Gasteiger charge is -2.25. The van der Waals surface area contributed by atoms with Crippen LogP contribution < -0.4 is 10.4 Å². The number of para-hydroxylation sites is 1. The Morgan fingerprint density at radius 2 is 1.67 bits per heavy atom. The number of hydrogen-bond acceptors (Lipinski definition) is 3. The normalized spacial score (nSPS) is 10.7. The Balaban J connectivity index is 1.73. The van der Waals surface area contributed by atoms with Crippen LogP contribution in [0, 0.1) is 0 Å². The fourth-order valence-electron chi connectivity index (χ4n) is 2.28. The van der Waals surface area contributed by atoms with Crippen LogP contribution in [0.25, 0.3) is 6.08 Å². The molecule has 3 aromatic rings. The molecule has 0 aliphatic rings. The largest absolute Gasteiger partial charge is 0.465 e. The number of hydrogen-bond donors (Lipinski definition) is 1. The zero-order valence-electron chi connectivity index (χ0n) is 13.1. The maximum absolute atomic E-state index is 12.2. The van der Waals surface area contributed by atoms with Crippen molar-refractivity contribution in [2.24, 2.45) is 0 Å². The maximum Gasteiger partial charge on any atom is 0.262 e. The fourth-order valence-corrected chi connectivity index (χ4v) is 2.28. The summed E-state index contributed by atoms with van der Waals surface area (Å²) in [5.74, 6) is 0.422. The summed E-state index contributed by atoms with van der Waals surface area (Å²) in [6, 6.07) is 23.3. The van der Waals surface area contributed by atoms with Crippen LogP contribution in [0.15, 0.2) is 89.6 Å². The highest BCUT2D eigenvalue weighted by atomic mass is 16.3. The number of furan rings is 1. The van der Waals surface area contributed by atoms with Crippen LogP contribution in [0.1, 0.15) is 11.3 Å². The molecule has 0 aliphatic heterocycles. The van der Waals surface area contributed by atoms with Crippen molar-refractivity contribution in [1.29, 1.82) is 0 Å². The van der Waals surface area contributed by atoms with Crippen molar-refractivity contribution in [3.63, 3.8) is 0 Å². The molecule has 0 saturated carbocycles. The standard InChI is InChI=1S/C20H18N2O2/c23-20(14-13-19-12-7-15-24-19)21-22(18-10-5-2-6-11-18)16-17-8-3-1-4-9-17/h1-15H,16H2,(H,21,23)/b14-13+. The van der Waals surface area contributed by atoms with E-state index in [9.17, 15) is 4.79 Å². The first-order chi connectivity index (χ1) is 11.8. The smallest absolute Gasteiger partial charge is 0.262 e. The molecule has 0 radical (unpaired) electrons. The third-order valence-electron chi connectivity index (χ3n) is 3.44. The lowest BCUT2D eigenvalue weighted by Crippen LogP contribution is -2.41. The molecule has 0 saturated heterocycles. The molecule has 1 N–H and O–H groups in total. The van der Waals surface area contributed by atoms with Crippen molar-refractivity contribution in [3.8, 4) is 0 Å². The molecule has 2 aromatic carbocycles. The minimum absolute atomic E-state index is 0.216. The third kappa shape index (κ3) is 4.36. The Labute approximate surface area is 141 Å². The van der Waals surface area contributed by atoms with Crippen LogP contribution in [-0.2, 0) is 11.3 Å². The third-order valence-corrected chi connectivity index (χ3v) is 3.44. The molecule has 0 unspecified atom stereocenters. The number of hydrazine groups is 1. The predicted molar refractivity (Wildman–Crippen MR) is 95.0 cm³/mol. The lowest BCUT2D eigenvalue weighted by molar-refractivity contribution is -0.116. The second kappa shape index (κ2) is 7.83. The molecule has 1 amide bonds. The SMILES string of the molecule is O=C(/C=C/c1ccco1)NN(Cc1ccccc1)c1ccccc1. The van der Waals surface area contributed by atoms with E-state index in [4.69, 9.17) is 4.42 Å². The van der Waals surface area contributed by atoms with E-state index in [0.717, 1.165) is 11.3 Å². The zero-order chi connectivity index (χ0) is 16.6. The number of carbonyl (C=O) groups excluding carboxylic acids is 1. The molecule has 0 bridgehead atoms. The molecule has 0 spiro atoms. The van der Waals surface area contributed by atoms with Crippen molar-refractivity contribution in [1.82, 2.24) is 5.43 Å². The van der Waals surface area contributed by atoms with Crippen LogP contribution in [0.4, 0.5) is 5.69 Å². The molecular weight excluding hydrogens is 300 g/mol. The molecule has 1 heterocycles. The maximum atomic E-state index is 12.2. The number of rotatable bonds is 6. The molecule has 0 atom stereocenters.